The molecule has 3 heteroatoms. The van der Waals surface area contributed by atoms with Crippen molar-refractivity contribution in [2.45, 2.75) is 5.92 Å². The van der Waals surface area contributed by atoms with Gasteiger partial charge in [0.05, 0.1) is 0 Å². The predicted molar refractivity (Wildman–Crippen MR) is 70.8 cm³/mol. The van der Waals surface area contributed by atoms with Crippen LogP contribution in [0.15, 0.2) is 48.5 Å². The molecule has 0 unspecified atom stereocenters. The van der Waals surface area contributed by atoms with Gasteiger partial charge >= 0.3 is 124 Å². The van der Waals surface area contributed by atoms with Gasteiger partial charge in [-0.25, -0.2) is 0 Å². The average molecular weight is 246 g/mol. The van der Waals surface area contributed by atoms with Crippen molar-refractivity contribution in [1.29, 1.82) is 0 Å². The number of benzene rings is 2. The number of fused-ring (bicyclic) bond motifs is 3. The first-order valence-corrected chi connectivity index (χ1v) is 7.09. The molecule has 0 aromatic heterocycles. The van der Waals surface area contributed by atoms with Crippen molar-refractivity contribution in [2.75, 3.05) is 6.61 Å². The fraction of sp³-hybridized carbons (Fsp3) is 0.133. The van der Waals surface area contributed by atoms with E-state index in [2.05, 4.69) is 36.4 Å². The number of hydrogen-bond acceptors (Lipinski definition) is 2. The fourth-order valence-corrected chi connectivity index (χ4v) is 2.81. The van der Waals surface area contributed by atoms with Crippen LogP contribution in [0.25, 0.3) is 11.1 Å². The van der Waals surface area contributed by atoms with Gasteiger partial charge in [-0.15, -0.1) is 0 Å². The van der Waals surface area contributed by atoms with Crippen molar-refractivity contribution >= 4 is 31.1 Å². The summed E-state index contributed by atoms with van der Waals surface area (Å²) in [6, 6.07) is 16.7. The molecule has 0 heterocycles. The van der Waals surface area contributed by atoms with Crippen molar-refractivity contribution in [3.63, 3.8) is 0 Å². The first-order chi connectivity index (χ1) is 8.77. The van der Waals surface area contributed by atoms with E-state index in [4.69, 9.17) is 4.74 Å². The number of ether oxygens (including phenoxy) is 1. The van der Waals surface area contributed by atoms with E-state index in [0.29, 0.717) is 34.5 Å². The molecule has 0 spiro atoms. The maximum atomic E-state index is 11.1. The van der Waals surface area contributed by atoms with E-state index in [-0.39, 0.29) is 9.14 Å². The Hall–Kier alpha value is -1.09. The molecular weight excluding hydrogens is 235 g/mol. The topological polar surface area (TPSA) is 26.3 Å². The quantitative estimate of drug-likeness (QED) is 0.761. The van der Waals surface area contributed by atoms with Crippen LogP contribution in [0, 0.1) is 0 Å². The van der Waals surface area contributed by atoms with Gasteiger partial charge in [0.2, 0.25) is 0 Å². The molecule has 0 N–H and O–H groups in total. The third-order valence-corrected chi connectivity index (χ3v) is 3.70. The van der Waals surface area contributed by atoms with E-state index in [1.165, 1.54) is 22.3 Å². The van der Waals surface area contributed by atoms with Crippen LogP contribution in [-0.2, 0) is 4.74 Å². The van der Waals surface area contributed by atoms with Gasteiger partial charge in [0.25, 0.3) is 0 Å². The van der Waals surface area contributed by atoms with Crippen LogP contribution in [-0.4, -0.2) is 37.8 Å². The van der Waals surface area contributed by atoms with Gasteiger partial charge in [0.15, 0.2) is 0 Å². The zero-order valence-electron chi connectivity index (χ0n) is 10.2. The van der Waals surface area contributed by atoms with Crippen molar-refractivity contribution in [2.24, 2.45) is 0 Å². The molecule has 0 aliphatic heterocycles. The van der Waals surface area contributed by atoms with Crippen LogP contribution in [0.3, 0.4) is 0 Å². The number of hydrogen-bond donors (Lipinski definition) is 0. The van der Waals surface area contributed by atoms with E-state index in [0.717, 1.165) is 0 Å². The van der Waals surface area contributed by atoms with Crippen LogP contribution < -0.4 is 0 Å². The summed E-state index contributed by atoms with van der Waals surface area (Å²) >= 11 is 0.452. The van der Waals surface area contributed by atoms with Crippen molar-refractivity contribution in [1.82, 2.24) is 0 Å². The molecule has 0 radical (unpaired) electrons. The minimum absolute atomic E-state index is 0.0862. The molecule has 2 nitrogen and oxygen atoms in total. The first kappa shape index (κ1) is 12.0. The zero-order valence-corrected chi connectivity index (χ0v) is 12.2. The van der Waals surface area contributed by atoms with Crippen LogP contribution in [0.5, 0.6) is 0 Å². The van der Waals surface area contributed by atoms with E-state index in [9.17, 15) is 4.79 Å². The Labute approximate surface area is 123 Å². The zero-order chi connectivity index (χ0) is 12.5. The Morgan fingerprint density at radius 2 is 1.50 bits per heavy atom. The summed E-state index contributed by atoms with van der Waals surface area (Å²) in [5.74, 6) is 0.190. The molecule has 2 aromatic rings. The van der Waals surface area contributed by atoms with Crippen molar-refractivity contribution in [3.8, 4) is 11.1 Å². The molecule has 0 atom stereocenters. The van der Waals surface area contributed by atoms with E-state index < -0.39 is 0 Å². The maximum absolute atomic E-state index is 11.1. The Balaban J connectivity index is 2.06. The van der Waals surface area contributed by atoms with E-state index >= 15 is 0 Å². The number of carbonyl (C=O) groups excluding carboxylic acids is 1. The Bertz CT molecular complexity index is 561. The van der Waals surface area contributed by atoms with E-state index in [1.54, 1.807) is 0 Å². The summed E-state index contributed by atoms with van der Waals surface area (Å²) in [7, 11) is 0. The molecule has 1 aliphatic rings. The summed E-state index contributed by atoms with van der Waals surface area (Å²) in [5, 5.41) is 0. The predicted octanol–water partition coefficient (Wildman–Crippen LogP) is 3.10. The van der Waals surface area contributed by atoms with Crippen molar-refractivity contribution in [3.05, 3.63) is 59.7 Å². The van der Waals surface area contributed by atoms with Gasteiger partial charge in [-0.05, 0) is 0 Å². The van der Waals surface area contributed by atoms with Crippen LogP contribution >= 0.6 is 0 Å². The monoisotopic (exact) mass is 246 g/mol. The van der Waals surface area contributed by atoms with Crippen LogP contribution in [0.1, 0.15) is 17.0 Å². The third-order valence-electron chi connectivity index (χ3n) is 3.42. The molecule has 3 rings (SSSR count). The Kier molecular flexibility index (Phi) is 3.25. The molecule has 0 fully saturated rings. The van der Waals surface area contributed by atoms with Gasteiger partial charge in [0.1, 0.15) is 0 Å². The molecule has 0 bridgehead atoms. The summed E-state index contributed by atoms with van der Waals surface area (Å²) < 4.78 is 5.18. The number of carbonyl (C=O) groups is 1. The summed E-state index contributed by atoms with van der Waals surface area (Å²) in [6.45, 7) is 0.455. The molecule has 2 aromatic carbocycles. The van der Waals surface area contributed by atoms with Gasteiger partial charge in [-0.3, -0.25) is 0 Å². The van der Waals surface area contributed by atoms with Crippen molar-refractivity contribution < 1.29 is 9.53 Å². The average Bonchev–Trinajstić information content (AvgIpc) is 2.71. The van der Waals surface area contributed by atoms with Gasteiger partial charge in [-0.1, -0.05) is 0 Å². The second kappa shape index (κ2) is 4.88. The minimum atomic E-state index is -0.0862. The molecule has 0 saturated carbocycles. The fourth-order valence-electron chi connectivity index (χ4n) is 2.64. The molecule has 1 aliphatic carbocycles. The molecular formula is C15H11NaO2. The van der Waals surface area contributed by atoms with E-state index in [1.807, 2.05) is 12.1 Å². The molecule has 0 amide bonds. The molecule has 0 saturated heterocycles. The summed E-state index contributed by atoms with van der Waals surface area (Å²) in [6.07, 6.45) is 0. The third kappa shape index (κ3) is 2.01. The second-order valence-electron chi connectivity index (χ2n) is 4.53. The van der Waals surface area contributed by atoms with Crippen LogP contribution in [0.4, 0.5) is 4.79 Å². The molecule has 18 heavy (non-hydrogen) atoms. The first-order valence-electron chi connectivity index (χ1n) is 6.09. The van der Waals surface area contributed by atoms with Gasteiger partial charge < -0.3 is 0 Å². The Morgan fingerprint density at radius 1 is 1.00 bits per heavy atom. The summed E-state index contributed by atoms with van der Waals surface area (Å²) in [4.78, 5) is 11.1. The summed E-state index contributed by atoms with van der Waals surface area (Å²) in [5.41, 5.74) is 5.06. The van der Waals surface area contributed by atoms with Gasteiger partial charge in [0, 0.05) is 0 Å². The molecule has 84 valence electrons. The Morgan fingerprint density at radius 3 is 2.00 bits per heavy atom. The van der Waals surface area contributed by atoms with Crippen LogP contribution in [0.2, 0.25) is 0 Å². The normalized spacial score (nSPS) is 13.0. The SMILES string of the molecule is O=[C]([Na])OCC1c2ccccc2-c2ccccc21. The second-order valence-corrected chi connectivity index (χ2v) is 5.35. The van der Waals surface area contributed by atoms with Gasteiger partial charge in [-0.2, -0.15) is 0 Å². The number of rotatable bonds is 2. The standard InChI is InChI=1S/C15H11O2.Na/c16-10-17-9-15-13-7-3-1-5-11(13)12-6-2-4-8-14(12)15;/h1-8,15H,9H2;.